The maximum absolute atomic E-state index is 10.9. The van der Waals surface area contributed by atoms with Crippen LogP contribution in [0.5, 0.6) is 0 Å². The Morgan fingerprint density at radius 1 is 1.47 bits per heavy atom. The van der Waals surface area contributed by atoms with E-state index in [9.17, 15) is 4.79 Å². The summed E-state index contributed by atoms with van der Waals surface area (Å²) in [4.78, 5) is 19.6. The van der Waals surface area contributed by atoms with Gasteiger partial charge < -0.3 is 9.67 Å². The lowest BCUT2D eigenvalue weighted by molar-refractivity contribution is 0.0691. The fourth-order valence-electron chi connectivity index (χ4n) is 2.11. The second kappa shape index (κ2) is 3.55. The summed E-state index contributed by atoms with van der Waals surface area (Å²) in [5.41, 5.74) is 1.59. The molecule has 1 aliphatic rings. The van der Waals surface area contributed by atoms with Crippen LogP contribution in [0.2, 0.25) is 0 Å². The number of carbonyl (C=O) groups is 1. The van der Waals surface area contributed by atoms with Crippen LogP contribution in [0, 0.1) is 0 Å². The second-order valence-electron chi connectivity index (χ2n) is 4.33. The summed E-state index contributed by atoms with van der Waals surface area (Å²) in [6.45, 7) is 2.05. The van der Waals surface area contributed by atoms with E-state index in [1.807, 2.05) is 0 Å². The van der Waals surface area contributed by atoms with Crippen molar-refractivity contribution in [3.05, 3.63) is 23.7 Å². The van der Waals surface area contributed by atoms with Gasteiger partial charge in [0.2, 0.25) is 0 Å². The van der Waals surface area contributed by atoms with Crippen molar-refractivity contribution in [1.29, 1.82) is 0 Å². The normalized spacial score (nSPS) is 15.4. The van der Waals surface area contributed by atoms with E-state index in [1.165, 1.54) is 6.07 Å². The molecule has 5 nitrogen and oxygen atoms in total. The molecule has 2 aromatic rings. The van der Waals surface area contributed by atoms with Crippen molar-refractivity contribution in [2.45, 2.75) is 32.2 Å². The molecule has 5 heteroatoms. The van der Waals surface area contributed by atoms with Gasteiger partial charge in [-0.2, -0.15) is 0 Å². The van der Waals surface area contributed by atoms with Gasteiger partial charge in [-0.25, -0.2) is 14.8 Å². The van der Waals surface area contributed by atoms with Crippen molar-refractivity contribution >= 4 is 17.1 Å². The van der Waals surface area contributed by atoms with Crippen molar-refractivity contribution < 1.29 is 9.90 Å². The van der Waals surface area contributed by atoms with Crippen molar-refractivity contribution in [1.82, 2.24) is 14.5 Å². The maximum Gasteiger partial charge on any atom is 0.354 e. The number of hydrogen-bond donors (Lipinski definition) is 1. The first-order valence-electron chi connectivity index (χ1n) is 5.82. The number of hydrogen-bond acceptors (Lipinski definition) is 3. The Kier molecular flexibility index (Phi) is 2.14. The topological polar surface area (TPSA) is 68.0 Å². The number of aromatic nitrogens is 3. The Morgan fingerprint density at radius 3 is 2.82 bits per heavy atom. The zero-order chi connectivity index (χ0) is 12.0. The smallest absolute Gasteiger partial charge is 0.354 e. The fraction of sp³-hybridized carbons (Fsp3) is 0.417. The third kappa shape index (κ3) is 1.58. The summed E-state index contributed by atoms with van der Waals surface area (Å²) in [6.07, 6.45) is 3.12. The van der Waals surface area contributed by atoms with Gasteiger partial charge in [-0.05, 0) is 25.0 Å². The van der Waals surface area contributed by atoms with Crippen LogP contribution in [0.25, 0.3) is 11.2 Å². The molecule has 0 atom stereocenters. The molecule has 0 aliphatic heterocycles. The number of imidazole rings is 1. The van der Waals surface area contributed by atoms with Crippen LogP contribution < -0.4 is 0 Å². The number of fused-ring (bicyclic) bond motifs is 1. The summed E-state index contributed by atoms with van der Waals surface area (Å²) >= 11 is 0. The number of aromatic carboxylic acids is 1. The highest BCUT2D eigenvalue weighted by atomic mass is 16.4. The molecule has 17 heavy (non-hydrogen) atoms. The van der Waals surface area contributed by atoms with Crippen LogP contribution in [0.1, 0.15) is 42.1 Å². The van der Waals surface area contributed by atoms with E-state index in [-0.39, 0.29) is 5.69 Å². The van der Waals surface area contributed by atoms with E-state index in [0.717, 1.165) is 30.6 Å². The van der Waals surface area contributed by atoms with Gasteiger partial charge in [0, 0.05) is 12.5 Å². The number of rotatable bonds is 3. The van der Waals surface area contributed by atoms with E-state index < -0.39 is 5.97 Å². The Bertz CT molecular complexity index is 599. The van der Waals surface area contributed by atoms with Crippen molar-refractivity contribution in [2.24, 2.45) is 0 Å². The molecule has 2 heterocycles. The van der Waals surface area contributed by atoms with Gasteiger partial charge in [0.15, 0.2) is 11.3 Å². The Balaban J connectivity index is 2.25. The van der Waals surface area contributed by atoms with E-state index in [4.69, 9.17) is 5.11 Å². The van der Waals surface area contributed by atoms with Crippen LogP contribution in [0.15, 0.2) is 12.1 Å². The standard InChI is InChI=1S/C12H13N3O2/c1-2-10-13-8-5-6-9(12(16)17)14-11(8)15(10)7-3-4-7/h5-7H,2-4H2,1H3,(H,16,17). The number of pyridine rings is 1. The minimum absolute atomic E-state index is 0.0851. The largest absolute Gasteiger partial charge is 0.477 e. The molecule has 0 unspecified atom stereocenters. The van der Waals surface area contributed by atoms with Crippen LogP contribution in [-0.2, 0) is 6.42 Å². The quantitative estimate of drug-likeness (QED) is 0.877. The van der Waals surface area contributed by atoms with Gasteiger partial charge in [0.25, 0.3) is 0 Å². The first kappa shape index (κ1) is 10.3. The van der Waals surface area contributed by atoms with E-state index in [2.05, 4.69) is 21.5 Å². The summed E-state index contributed by atoms with van der Waals surface area (Å²) in [5, 5.41) is 8.96. The molecule has 1 fully saturated rings. The number of nitrogens with zero attached hydrogens (tertiary/aromatic N) is 3. The van der Waals surface area contributed by atoms with Crippen LogP contribution in [-0.4, -0.2) is 25.6 Å². The predicted octanol–water partition coefficient (Wildman–Crippen LogP) is 2.03. The third-order valence-corrected chi connectivity index (χ3v) is 3.06. The molecule has 0 radical (unpaired) electrons. The van der Waals surface area contributed by atoms with Gasteiger partial charge in [0.05, 0.1) is 0 Å². The van der Waals surface area contributed by atoms with Gasteiger partial charge in [-0.1, -0.05) is 6.92 Å². The monoisotopic (exact) mass is 231 g/mol. The third-order valence-electron chi connectivity index (χ3n) is 3.06. The number of aryl methyl sites for hydroxylation is 1. The van der Waals surface area contributed by atoms with Crippen molar-refractivity contribution in [3.8, 4) is 0 Å². The van der Waals surface area contributed by atoms with E-state index in [1.54, 1.807) is 6.07 Å². The summed E-state index contributed by atoms with van der Waals surface area (Å²) < 4.78 is 2.10. The zero-order valence-electron chi connectivity index (χ0n) is 9.55. The molecule has 0 amide bonds. The summed E-state index contributed by atoms with van der Waals surface area (Å²) in [7, 11) is 0. The van der Waals surface area contributed by atoms with E-state index >= 15 is 0 Å². The predicted molar refractivity (Wildman–Crippen MR) is 62.1 cm³/mol. The lowest BCUT2D eigenvalue weighted by Crippen LogP contribution is -2.04. The zero-order valence-corrected chi connectivity index (χ0v) is 9.55. The van der Waals surface area contributed by atoms with Crippen LogP contribution >= 0.6 is 0 Å². The molecule has 1 N–H and O–H groups in total. The second-order valence-corrected chi connectivity index (χ2v) is 4.33. The minimum atomic E-state index is -0.992. The average molecular weight is 231 g/mol. The highest BCUT2D eigenvalue weighted by Crippen LogP contribution is 2.38. The SMILES string of the molecule is CCc1nc2ccc(C(=O)O)nc2n1C1CC1. The molecule has 3 rings (SSSR count). The fourth-order valence-corrected chi connectivity index (χ4v) is 2.11. The molecule has 2 aromatic heterocycles. The van der Waals surface area contributed by atoms with Gasteiger partial charge >= 0.3 is 5.97 Å². The highest BCUT2D eigenvalue weighted by molar-refractivity contribution is 5.88. The lowest BCUT2D eigenvalue weighted by Gasteiger charge is -2.04. The lowest BCUT2D eigenvalue weighted by atomic mass is 10.3. The Hall–Kier alpha value is -1.91. The molecular formula is C12H13N3O2. The summed E-state index contributed by atoms with van der Waals surface area (Å²) in [6, 6.07) is 3.71. The van der Waals surface area contributed by atoms with Crippen LogP contribution in [0.4, 0.5) is 0 Å². The maximum atomic E-state index is 10.9. The molecule has 0 spiro atoms. The Labute approximate surface area is 98.1 Å². The molecule has 1 aliphatic carbocycles. The molecule has 0 bridgehead atoms. The van der Waals surface area contributed by atoms with Gasteiger partial charge in [0.1, 0.15) is 11.3 Å². The molecule has 1 saturated carbocycles. The Morgan fingerprint density at radius 2 is 2.24 bits per heavy atom. The highest BCUT2D eigenvalue weighted by Gasteiger charge is 2.28. The van der Waals surface area contributed by atoms with E-state index in [0.29, 0.717) is 11.7 Å². The van der Waals surface area contributed by atoms with Crippen molar-refractivity contribution in [3.63, 3.8) is 0 Å². The summed E-state index contributed by atoms with van der Waals surface area (Å²) in [5.74, 6) is 0.00559. The number of carboxylic acids is 1. The minimum Gasteiger partial charge on any atom is -0.477 e. The molecule has 88 valence electrons. The molecule has 0 saturated heterocycles. The molecule has 0 aromatic carbocycles. The number of carboxylic acid groups (broad SMARTS) is 1. The molecular weight excluding hydrogens is 218 g/mol. The van der Waals surface area contributed by atoms with Gasteiger partial charge in [-0.15, -0.1) is 0 Å². The average Bonchev–Trinajstić information content (AvgIpc) is 3.08. The first-order chi connectivity index (χ1) is 8.20. The van der Waals surface area contributed by atoms with Gasteiger partial charge in [-0.3, -0.25) is 0 Å². The van der Waals surface area contributed by atoms with Crippen LogP contribution in [0.3, 0.4) is 0 Å². The first-order valence-corrected chi connectivity index (χ1v) is 5.82. The van der Waals surface area contributed by atoms with Crippen molar-refractivity contribution in [2.75, 3.05) is 0 Å².